The smallest absolute Gasteiger partial charge is 0.144 e. The number of likely N-dealkylation sites (N-methyl/N-ethyl adjacent to an activating group) is 1. The summed E-state index contributed by atoms with van der Waals surface area (Å²) in [6, 6.07) is -0.333. The standard InChI is InChI=1S/C24H37NO7/c1-5-25-10-21(11-30-2)15(26)6-7-22-13-8-12-14(31-3)9-23(28,16(13)17(12)27)24(29,20(22)25)19(32-4)18(21)22/h12-16,18-20,26,28-29H,5-11H2,1-4H3. The Labute approximate surface area is 189 Å². The number of ether oxygens (including phenoxy) is 3. The highest BCUT2D eigenvalue weighted by molar-refractivity contribution is 5.90. The Bertz CT molecular complexity index is 839. The summed E-state index contributed by atoms with van der Waals surface area (Å²) >= 11 is 0. The summed E-state index contributed by atoms with van der Waals surface area (Å²) in [7, 11) is 4.84. The Kier molecular flexibility index (Phi) is 4.47. The number of methoxy groups -OCH3 is 3. The first-order valence-corrected chi connectivity index (χ1v) is 12.2. The molecule has 6 aliphatic rings. The van der Waals surface area contributed by atoms with Crippen LogP contribution in [0.1, 0.15) is 32.6 Å². The number of rotatable bonds is 5. The van der Waals surface area contributed by atoms with Crippen molar-refractivity contribution < 1.29 is 34.3 Å². The van der Waals surface area contributed by atoms with E-state index in [-0.39, 0.29) is 36.0 Å². The van der Waals surface area contributed by atoms with Crippen LogP contribution in [0.2, 0.25) is 0 Å². The maximum Gasteiger partial charge on any atom is 0.144 e. The SMILES string of the molecule is CCN1CC2(COC)C(O)CCC34C5CC6C(=O)C5C(O)(CC6OC)C(O)(C(OC)C23)C14. The second-order valence-corrected chi connectivity index (χ2v) is 11.5. The third-order valence-corrected chi connectivity index (χ3v) is 11.1. The summed E-state index contributed by atoms with van der Waals surface area (Å²) in [6.07, 6.45) is 0.513. The first kappa shape index (κ1) is 21.9. The highest BCUT2D eigenvalue weighted by Crippen LogP contribution is 2.79. The van der Waals surface area contributed by atoms with E-state index in [0.29, 0.717) is 39.0 Å². The number of hydrogen-bond acceptors (Lipinski definition) is 8. The van der Waals surface area contributed by atoms with Gasteiger partial charge in [0.2, 0.25) is 0 Å². The van der Waals surface area contributed by atoms with Crippen molar-refractivity contribution in [1.82, 2.24) is 4.90 Å². The van der Waals surface area contributed by atoms with Crippen molar-refractivity contribution in [3.8, 4) is 0 Å². The van der Waals surface area contributed by atoms with E-state index in [1.807, 2.05) is 0 Å². The lowest BCUT2D eigenvalue weighted by Crippen LogP contribution is -2.80. The molecule has 6 rings (SSSR count). The number of aliphatic hydroxyl groups excluding tert-OH is 1. The minimum atomic E-state index is -1.63. The van der Waals surface area contributed by atoms with Crippen molar-refractivity contribution in [2.24, 2.45) is 34.5 Å². The summed E-state index contributed by atoms with van der Waals surface area (Å²) < 4.78 is 17.6. The molecule has 7 bridgehead atoms. The summed E-state index contributed by atoms with van der Waals surface area (Å²) in [5, 5.41) is 36.6. The van der Waals surface area contributed by atoms with Gasteiger partial charge in [-0.15, -0.1) is 0 Å². The third kappa shape index (κ3) is 1.94. The number of fused-ring (bicyclic) bond motifs is 2. The van der Waals surface area contributed by atoms with Gasteiger partial charge in [-0.25, -0.2) is 0 Å². The van der Waals surface area contributed by atoms with Gasteiger partial charge in [0.1, 0.15) is 17.0 Å². The number of aliphatic hydroxyl groups is 3. The van der Waals surface area contributed by atoms with Gasteiger partial charge in [0.15, 0.2) is 0 Å². The molecule has 0 aromatic rings. The number of likely N-dealkylation sites (tertiary alicyclic amines) is 1. The second kappa shape index (κ2) is 6.53. The van der Waals surface area contributed by atoms with E-state index in [9.17, 15) is 20.1 Å². The molecule has 0 aromatic heterocycles. The van der Waals surface area contributed by atoms with Crippen molar-refractivity contribution in [3.63, 3.8) is 0 Å². The van der Waals surface area contributed by atoms with Crippen molar-refractivity contribution in [2.45, 2.75) is 68.2 Å². The van der Waals surface area contributed by atoms with Crippen LogP contribution >= 0.6 is 0 Å². The van der Waals surface area contributed by atoms with Gasteiger partial charge in [0, 0.05) is 51.5 Å². The Morgan fingerprint density at radius 2 is 1.94 bits per heavy atom. The summed E-state index contributed by atoms with van der Waals surface area (Å²) in [5.74, 6) is -1.09. The van der Waals surface area contributed by atoms with Gasteiger partial charge in [0.05, 0.1) is 36.9 Å². The van der Waals surface area contributed by atoms with Crippen molar-refractivity contribution in [1.29, 1.82) is 0 Å². The van der Waals surface area contributed by atoms with Gasteiger partial charge >= 0.3 is 0 Å². The molecular weight excluding hydrogens is 414 g/mol. The highest BCUT2D eigenvalue weighted by atomic mass is 16.5. The van der Waals surface area contributed by atoms with Crippen molar-refractivity contribution >= 4 is 5.78 Å². The molecule has 180 valence electrons. The molecule has 6 fully saturated rings. The van der Waals surface area contributed by atoms with Crippen LogP contribution in [0, 0.1) is 34.5 Å². The van der Waals surface area contributed by atoms with Gasteiger partial charge in [-0.2, -0.15) is 0 Å². The van der Waals surface area contributed by atoms with Crippen LogP contribution in [0.15, 0.2) is 0 Å². The van der Waals surface area contributed by atoms with Gasteiger partial charge in [0.25, 0.3) is 0 Å². The van der Waals surface area contributed by atoms with E-state index in [2.05, 4.69) is 11.8 Å². The largest absolute Gasteiger partial charge is 0.392 e. The van der Waals surface area contributed by atoms with Crippen molar-refractivity contribution in [2.75, 3.05) is 41.0 Å². The van der Waals surface area contributed by atoms with Crippen LogP contribution in [-0.4, -0.2) is 103 Å². The molecule has 12 atom stereocenters. The Hall–Kier alpha value is -0.610. The van der Waals surface area contributed by atoms with Crippen LogP contribution in [0.3, 0.4) is 0 Å². The highest BCUT2D eigenvalue weighted by Gasteiger charge is 2.90. The van der Waals surface area contributed by atoms with Crippen LogP contribution in [0.4, 0.5) is 0 Å². The molecule has 0 amide bonds. The third-order valence-electron chi connectivity index (χ3n) is 11.1. The van der Waals surface area contributed by atoms with E-state index in [0.717, 1.165) is 0 Å². The molecule has 5 saturated carbocycles. The Morgan fingerprint density at radius 3 is 2.56 bits per heavy atom. The van der Waals surface area contributed by atoms with Gasteiger partial charge < -0.3 is 29.5 Å². The van der Waals surface area contributed by atoms with Gasteiger partial charge in [-0.05, 0) is 37.1 Å². The lowest BCUT2D eigenvalue weighted by molar-refractivity contribution is -0.290. The average molecular weight is 452 g/mol. The summed E-state index contributed by atoms with van der Waals surface area (Å²) in [6.45, 7) is 3.67. The molecule has 1 heterocycles. The number of nitrogens with zero attached hydrogens (tertiary/aromatic N) is 1. The molecule has 3 N–H and O–H groups in total. The molecule has 12 unspecified atom stereocenters. The van der Waals surface area contributed by atoms with E-state index in [1.54, 1.807) is 21.3 Å². The maximum absolute atomic E-state index is 13.7. The topological polar surface area (TPSA) is 109 Å². The van der Waals surface area contributed by atoms with Crippen molar-refractivity contribution in [3.05, 3.63) is 0 Å². The zero-order valence-electron chi connectivity index (χ0n) is 19.5. The zero-order chi connectivity index (χ0) is 22.8. The Morgan fingerprint density at radius 1 is 1.19 bits per heavy atom. The molecule has 1 aliphatic heterocycles. The number of ketones is 1. The molecular formula is C24H37NO7. The average Bonchev–Trinajstić information content (AvgIpc) is 3.13. The fourth-order valence-corrected chi connectivity index (χ4v) is 10.4. The molecule has 32 heavy (non-hydrogen) atoms. The molecule has 0 aromatic carbocycles. The molecule has 1 spiro atoms. The second-order valence-electron chi connectivity index (χ2n) is 11.5. The van der Waals surface area contributed by atoms with Gasteiger partial charge in [-0.1, -0.05) is 6.92 Å². The van der Waals surface area contributed by atoms with E-state index < -0.39 is 46.3 Å². The minimum absolute atomic E-state index is 0.0365. The van der Waals surface area contributed by atoms with E-state index in [4.69, 9.17) is 14.2 Å². The Balaban J connectivity index is 1.66. The van der Waals surface area contributed by atoms with Gasteiger partial charge in [-0.3, -0.25) is 9.69 Å². The predicted octanol–water partition coefficient (Wildman–Crippen LogP) is -0.175. The zero-order valence-corrected chi connectivity index (χ0v) is 19.5. The number of hydrogen-bond donors (Lipinski definition) is 3. The number of piperidine rings is 1. The molecule has 1 saturated heterocycles. The fraction of sp³-hybridized carbons (Fsp3) is 0.958. The predicted molar refractivity (Wildman–Crippen MR) is 113 cm³/mol. The van der Waals surface area contributed by atoms with Crippen LogP contribution in [0.25, 0.3) is 0 Å². The first-order chi connectivity index (χ1) is 15.2. The van der Waals surface area contributed by atoms with E-state index >= 15 is 0 Å². The summed E-state index contributed by atoms with van der Waals surface area (Å²) in [4.78, 5) is 15.9. The minimum Gasteiger partial charge on any atom is -0.392 e. The normalized spacial score (nSPS) is 60.2. The summed E-state index contributed by atoms with van der Waals surface area (Å²) in [5.41, 5.74) is -4.31. The molecule has 0 radical (unpaired) electrons. The van der Waals surface area contributed by atoms with Crippen LogP contribution in [0.5, 0.6) is 0 Å². The number of Topliss-reactive ketones (excluding diaryl/α,β-unsaturated/α-hetero) is 1. The first-order valence-electron chi connectivity index (χ1n) is 12.2. The number of carbonyl (C=O) groups is 1. The quantitative estimate of drug-likeness (QED) is 0.529. The molecule has 8 heteroatoms. The molecule has 5 aliphatic carbocycles. The fourth-order valence-electron chi connectivity index (χ4n) is 10.4. The monoisotopic (exact) mass is 451 g/mol. The lowest BCUT2D eigenvalue weighted by Gasteiger charge is -2.68. The lowest BCUT2D eigenvalue weighted by atomic mass is 9.43. The van der Waals surface area contributed by atoms with E-state index in [1.165, 1.54) is 0 Å². The van der Waals surface area contributed by atoms with Crippen LogP contribution in [-0.2, 0) is 19.0 Å². The maximum atomic E-state index is 13.7. The number of carbonyl (C=O) groups excluding carboxylic acids is 1. The van der Waals surface area contributed by atoms with Crippen LogP contribution < -0.4 is 0 Å². The molecule has 8 nitrogen and oxygen atoms in total.